The smallest absolute Gasteiger partial charge is 0.338 e. The highest BCUT2D eigenvalue weighted by atomic mass is 32.2. The van der Waals surface area contributed by atoms with Crippen LogP contribution >= 0.6 is 23.1 Å². The van der Waals surface area contributed by atoms with Crippen LogP contribution < -0.4 is 0 Å². The Labute approximate surface area is 172 Å². The van der Waals surface area contributed by atoms with Gasteiger partial charge in [-0.3, -0.25) is 14.5 Å². The molecule has 2 heterocycles. The van der Waals surface area contributed by atoms with Crippen molar-refractivity contribution in [1.29, 1.82) is 0 Å². The van der Waals surface area contributed by atoms with E-state index in [1.807, 2.05) is 31.4 Å². The monoisotopic (exact) mass is 415 g/mol. The molecule has 0 atom stereocenters. The van der Waals surface area contributed by atoms with Crippen LogP contribution in [-0.2, 0) is 20.9 Å². The number of nitrogens with zero attached hydrogens (tertiary/aromatic N) is 1. The number of carbonyl (C=O) groups excluding carboxylic acids is 3. The molecule has 146 valence electrons. The Morgan fingerprint density at radius 2 is 1.86 bits per heavy atom. The third-order valence-electron chi connectivity index (χ3n) is 4.15. The number of hydrogen-bond acceptors (Lipinski definition) is 6. The first-order valence-corrected chi connectivity index (χ1v) is 11.0. The molecule has 3 rings (SSSR count). The Morgan fingerprint density at radius 1 is 1.11 bits per heavy atom. The summed E-state index contributed by atoms with van der Waals surface area (Å²) in [4.78, 5) is 40.3. The second kappa shape index (κ2) is 9.21. The number of carbonyl (C=O) groups is 3. The highest BCUT2D eigenvalue weighted by molar-refractivity contribution is 8.04. The Balaban J connectivity index is 1.77. The summed E-state index contributed by atoms with van der Waals surface area (Å²) >= 11 is 2.85. The first kappa shape index (κ1) is 20.4. The second-order valence-corrected chi connectivity index (χ2v) is 8.37. The maximum absolute atomic E-state index is 13.0. The fourth-order valence-electron chi connectivity index (χ4n) is 2.82. The third-order valence-corrected chi connectivity index (χ3v) is 5.99. The summed E-state index contributed by atoms with van der Waals surface area (Å²) in [6.45, 7) is 4.45. The van der Waals surface area contributed by atoms with E-state index in [4.69, 9.17) is 4.74 Å². The summed E-state index contributed by atoms with van der Waals surface area (Å²) in [6.07, 6.45) is 0.765. The van der Waals surface area contributed by atoms with Crippen LogP contribution in [0.4, 0.5) is 0 Å². The van der Waals surface area contributed by atoms with E-state index in [-0.39, 0.29) is 24.3 Å². The molecule has 1 aromatic heterocycles. The minimum absolute atomic E-state index is 0.171. The molecule has 0 N–H and O–H groups in total. The van der Waals surface area contributed by atoms with Crippen LogP contribution in [0.1, 0.15) is 41.1 Å². The van der Waals surface area contributed by atoms with Gasteiger partial charge < -0.3 is 4.74 Å². The summed E-state index contributed by atoms with van der Waals surface area (Å²) in [5.41, 5.74) is 1.73. The van der Waals surface area contributed by atoms with E-state index in [2.05, 4.69) is 0 Å². The lowest BCUT2D eigenvalue weighted by atomic mass is 10.1. The molecular formula is C21H21NO4S2. The molecule has 0 aliphatic carbocycles. The standard InChI is InChI=1S/C21H21NO4S2/c1-3-11-26-21(25)15-9-7-14(8-10-15)13-22-19(23)17(16-6-5-12-28-16)18(20(22)24)27-4-2/h5-10,12H,3-4,11,13H2,1-2H3. The van der Waals surface area contributed by atoms with E-state index in [0.717, 1.165) is 16.9 Å². The topological polar surface area (TPSA) is 63.7 Å². The molecule has 0 fully saturated rings. The Bertz CT molecular complexity index is 901. The fourth-order valence-corrected chi connectivity index (χ4v) is 4.52. The van der Waals surface area contributed by atoms with Crippen molar-refractivity contribution in [3.05, 3.63) is 62.7 Å². The molecule has 0 radical (unpaired) electrons. The number of thiophene rings is 1. The molecule has 28 heavy (non-hydrogen) atoms. The van der Waals surface area contributed by atoms with Crippen LogP contribution in [0.25, 0.3) is 5.57 Å². The van der Waals surface area contributed by atoms with Gasteiger partial charge in [-0.25, -0.2) is 4.79 Å². The van der Waals surface area contributed by atoms with Crippen LogP contribution in [-0.4, -0.2) is 35.0 Å². The van der Waals surface area contributed by atoms with Crippen LogP contribution in [0.2, 0.25) is 0 Å². The average Bonchev–Trinajstić information content (AvgIpc) is 3.30. The lowest BCUT2D eigenvalue weighted by molar-refractivity contribution is -0.137. The molecule has 7 heteroatoms. The third kappa shape index (κ3) is 4.20. The van der Waals surface area contributed by atoms with E-state index < -0.39 is 0 Å². The van der Waals surface area contributed by atoms with Gasteiger partial charge in [0.15, 0.2) is 0 Å². The molecule has 0 saturated carbocycles. The maximum Gasteiger partial charge on any atom is 0.338 e. The predicted molar refractivity (Wildman–Crippen MR) is 112 cm³/mol. The summed E-state index contributed by atoms with van der Waals surface area (Å²) in [5, 5.41) is 1.90. The van der Waals surface area contributed by atoms with Gasteiger partial charge in [0, 0.05) is 4.88 Å². The minimum Gasteiger partial charge on any atom is -0.462 e. The molecule has 0 bridgehead atoms. The van der Waals surface area contributed by atoms with Crippen LogP contribution in [0.5, 0.6) is 0 Å². The van der Waals surface area contributed by atoms with E-state index in [1.54, 1.807) is 24.3 Å². The van der Waals surface area contributed by atoms with Crippen molar-refractivity contribution in [3.63, 3.8) is 0 Å². The van der Waals surface area contributed by atoms with Gasteiger partial charge in [0.2, 0.25) is 0 Å². The lowest BCUT2D eigenvalue weighted by Crippen LogP contribution is -2.30. The molecule has 1 aliphatic rings. The van der Waals surface area contributed by atoms with Crippen molar-refractivity contribution in [2.24, 2.45) is 0 Å². The maximum atomic E-state index is 13.0. The molecule has 2 aromatic rings. The highest BCUT2D eigenvalue weighted by Gasteiger charge is 2.39. The molecule has 5 nitrogen and oxygen atoms in total. The second-order valence-electron chi connectivity index (χ2n) is 6.14. The number of amides is 2. The molecule has 1 aromatic carbocycles. The zero-order valence-electron chi connectivity index (χ0n) is 15.8. The predicted octanol–water partition coefficient (Wildman–Crippen LogP) is 4.35. The van der Waals surface area contributed by atoms with Crippen molar-refractivity contribution in [1.82, 2.24) is 4.90 Å². The number of rotatable bonds is 8. The molecule has 0 spiro atoms. The zero-order valence-corrected chi connectivity index (χ0v) is 17.4. The Morgan fingerprint density at radius 3 is 2.46 bits per heavy atom. The van der Waals surface area contributed by atoms with Crippen molar-refractivity contribution in [3.8, 4) is 0 Å². The molecule has 0 unspecified atom stereocenters. The number of thioether (sulfide) groups is 1. The van der Waals surface area contributed by atoms with Gasteiger partial charge in [0.25, 0.3) is 11.8 Å². The Kier molecular flexibility index (Phi) is 6.70. The van der Waals surface area contributed by atoms with E-state index in [1.165, 1.54) is 28.0 Å². The highest BCUT2D eigenvalue weighted by Crippen LogP contribution is 2.38. The van der Waals surface area contributed by atoms with Crippen LogP contribution in [0.15, 0.2) is 46.7 Å². The summed E-state index contributed by atoms with van der Waals surface area (Å²) in [7, 11) is 0. The summed E-state index contributed by atoms with van der Waals surface area (Å²) in [6, 6.07) is 10.6. The summed E-state index contributed by atoms with van der Waals surface area (Å²) in [5.74, 6) is -0.183. The largest absolute Gasteiger partial charge is 0.462 e. The first-order chi connectivity index (χ1) is 13.6. The molecular weight excluding hydrogens is 394 g/mol. The van der Waals surface area contributed by atoms with Crippen LogP contribution in [0.3, 0.4) is 0 Å². The van der Waals surface area contributed by atoms with Gasteiger partial charge in [-0.1, -0.05) is 32.0 Å². The normalized spacial score (nSPS) is 14.1. The number of ether oxygens (including phenoxy) is 1. The lowest BCUT2D eigenvalue weighted by Gasteiger charge is -2.15. The van der Waals surface area contributed by atoms with Crippen molar-refractivity contribution < 1.29 is 19.1 Å². The first-order valence-electron chi connectivity index (χ1n) is 9.10. The SMILES string of the molecule is CCCOC(=O)c1ccc(CN2C(=O)C(SCC)=C(c3cccs3)C2=O)cc1. The van der Waals surface area contributed by atoms with Gasteiger partial charge in [0.05, 0.1) is 29.2 Å². The van der Waals surface area contributed by atoms with Crippen molar-refractivity contribution >= 4 is 46.5 Å². The van der Waals surface area contributed by atoms with Gasteiger partial charge in [-0.15, -0.1) is 23.1 Å². The van der Waals surface area contributed by atoms with Crippen molar-refractivity contribution in [2.45, 2.75) is 26.8 Å². The van der Waals surface area contributed by atoms with Crippen LogP contribution in [0, 0.1) is 0 Å². The Hall–Kier alpha value is -2.38. The zero-order chi connectivity index (χ0) is 20.1. The molecule has 0 saturated heterocycles. The van der Waals surface area contributed by atoms with E-state index in [0.29, 0.717) is 28.4 Å². The summed E-state index contributed by atoms with van der Waals surface area (Å²) < 4.78 is 5.12. The quantitative estimate of drug-likeness (QED) is 0.474. The van der Waals surface area contributed by atoms with E-state index >= 15 is 0 Å². The molecule has 2 amide bonds. The van der Waals surface area contributed by atoms with Gasteiger partial charge in [0.1, 0.15) is 0 Å². The number of esters is 1. The number of benzene rings is 1. The molecule has 1 aliphatic heterocycles. The fraction of sp³-hybridized carbons (Fsp3) is 0.286. The van der Waals surface area contributed by atoms with E-state index in [9.17, 15) is 14.4 Å². The number of imide groups is 1. The average molecular weight is 416 g/mol. The minimum atomic E-state index is -0.370. The van der Waals surface area contributed by atoms with Gasteiger partial charge in [-0.05, 0) is 41.3 Å². The van der Waals surface area contributed by atoms with Gasteiger partial charge >= 0.3 is 5.97 Å². The van der Waals surface area contributed by atoms with Crippen molar-refractivity contribution in [2.75, 3.05) is 12.4 Å². The van der Waals surface area contributed by atoms with Gasteiger partial charge in [-0.2, -0.15) is 0 Å². The number of hydrogen-bond donors (Lipinski definition) is 0.